The minimum absolute atomic E-state index is 0.720. The van der Waals surface area contributed by atoms with Gasteiger partial charge in [0.1, 0.15) is 0 Å². The molecule has 17 heavy (non-hydrogen) atoms. The highest BCUT2D eigenvalue weighted by Gasteiger charge is 2.47. The van der Waals surface area contributed by atoms with E-state index in [0.29, 0.717) is 0 Å². The van der Waals surface area contributed by atoms with Crippen molar-refractivity contribution in [2.24, 2.45) is 5.41 Å². The number of rotatable bonds is 4. The molecule has 0 amide bonds. The van der Waals surface area contributed by atoms with Crippen LogP contribution in [0.5, 0.6) is 0 Å². The van der Waals surface area contributed by atoms with Gasteiger partial charge in [-0.15, -0.1) is 0 Å². The molecular weight excluding hydrogens is 208 g/mol. The maximum Gasteiger partial charge on any atom is 0.0369 e. The van der Waals surface area contributed by atoms with Gasteiger partial charge in [0, 0.05) is 30.7 Å². The summed E-state index contributed by atoms with van der Waals surface area (Å²) in [7, 11) is 0. The first-order valence-electron chi connectivity index (χ1n) is 6.86. The van der Waals surface area contributed by atoms with Crippen molar-refractivity contribution >= 4 is 5.69 Å². The molecule has 0 atom stereocenters. The summed E-state index contributed by atoms with van der Waals surface area (Å²) in [5.41, 5.74) is 3.54. The Labute approximate surface area is 104 Å². The monoisotopic (exact) mass is 230 g/mol. The predicted octanol–water partition coefficient (Wildman–Crippen LogP) is 2.79. The van der Waals surface area contributed by atoms with Crippen molar-refractivity contribution in [3.05, 3.63) is 29.8 Å². The van der Waals surface area contributed by atoms with Crippen LogP contribution >= 0.6 is 0 Å². The molecule has 1 spiro atoms. The van der Waals surface area contributed by atoms with Crippen molar-refractivity contribution in [3.8, 4) is 0 Å². The quantitative estimate of drug-likeness (QED) is 0.855. The molecule has 0 radical (unpaired) electrons. The van der Waals surface area contributed by atoms with Crippen LogP contribution in [0.15, 0.2) is 24.3 Å². The van der Waals surface area contributed by atoms with Gasteiger partial charge in [-0.2, -0.15) is 0 Å². The minimum atomic E-state index is 0.720. The SMILES string of the molecule is CCNCc1cccc(N2CC3(CCC3)C2)c1. The summed E-state index contributed by atoms with van der Waals surface area (Å²) >= 11 is 0. The van der Waals surface area contributed by atoms with Crippen LogP contribution in [0.4, 0.5) is 5.69 Å². The highest BCUT2D eigenvalue weighted by Crippen LogP contribution is 2.49. The number of hydrogen-bond acceptors (Lipinski definition) is 2. The van der Waals surface area contributed by atoms with Gasteiger partial charge in [-0.25, -0.2) is 0 Å². The lowest BCUT2D eigenvalue weighted by atomic mass is 9.63. The Hall–Kier alpha value is -1.02. The van der Waals surface area contributed by atoms with Gasteiger partial charge in [0.05, 0.1) is 0 Å². The molecule has 1 saturated carbocycles. The minimum Gasteiger partial charge on any atom is -0.370 e. The van der Waals surface area contributed by atoms with Gasteiger partial charge in [-0.05, 0) is 37.1 Å². The van der Waals surface area contributed by atoms with E-state index >= 15 is 0 Å². The molecule has 1 aromatic rings. The maximum atomic E-state index is 3.39. The van der Waals surface area contributed by atoms with Gasteiger partial charge in [0.15, 0.2) is 0 Å². The van der Waals surface area contributed by atoms with E-state index in [0.717, 1.165) is 18.5 Å². The molecular formula is C15H22N2. The molecule has 92 valence electrons. The van der Waals surface area contributed by atoms with Gasteiger partial charge in [-0.3, -0.25) is 0 Å². The molecule has 2 fully saturated rings. The molecule has 0 bridgehead atoms. The number of benzene rings is 1. The molecule has 1 N–H and O–H groups in total. The molecule has 3 rings (SSSR count). The van der Waals surface area contributed by atoms with E-state index in [-0.39, 0.29) is 0 Å². The maximum absolute atomic E-state index is 3.39. The van der Waals surface area contributed by atoms with Gasteiger partial charge in [-0.1, -0.05) is 25.5 Å². The molecule has 1 heterocycles. The van der Waals surface area contributed by atoms with Crippen LogP contribution in [0.1, 0.15) is 31.7 Å². The topological polar surface area (TPSA) is 15.3 Å². The second-order valence-electron chi connectivity index (χ2n) is 5.66. The van der Waals surface area contributed by atoms with Crippen molar-refractivity contribution in [1.29, 1.82) is 0 Å². The van der Waals surface area contributed by atoms with Crippen LogP contribution < -0.4 is 10.2 Å². The zero-order chi connectivity index (χ0) is 11.7. The standard InChI is InChI=1S/C15H22N2/c1-2-16-10-13-5-3-6-14(9-13)17-11-15(12-17)7-4-8-15/h3,5-6,9,16H,2,4,7-8,10-12H2,1H3. The molecule has 2 heteroatoms. The van der Waals surface area contributed by atoms with Gasteiger partial charge >= 0.3 is 0 Å². The average molecular weight is 230 g/mol. The third kappa shape index (κ3) is 2.06. The predicted molar refractivity (Wildman–Crippen MR) is 72.3 cm³/mol. The van der Waals surface area contributed by atoms with Crippen molar-refractivity contribution < 1.29 is 0 Å². The average Bonchev–Trinajstić information content (AvgIpc) is 2.23. The van der Waals surface area contributed by atoms with E-state index in [1.807, 2.05) is 0 Å². The Bertz CT molecular complexity index is 388. The van der Waals surface area contributed by atoms with Gasteiger partial charge in [0.25, 0.3) is 0 Å². The number of anilines is 1. The second kappa shape index (κ2) is 4.34. The Morgan fingerprint density at radius 3 is 2.76 bits per heavy atom. The smallest absolute Gasteiger partial charge is 0.0369 e. The summed E-state index contributed by atoms with van der Waals surface area (Å²) in [6.07, 6.45) is 4.37. The van der Waals surface area contributed by atoms with Crippen LogP contribution in [0, 0.1) is 5.41 Å². The van der Waals surface area contributed by atoms with E-state index in [1.54, 1.807) is 0 Å². The van der Waals surface area contributed by atoms with Gasteiger partial charge < -0.3 is 10.2 Å². The largest absolute Gasteiger partial charge is 0.370 e. The molecule has 1 aliphatic heterocycles. The summed E-state index contributed by atoms with van der Waals surface area (Å²) < 4.78 is 0. The fourth-order valence-corrected chi connectivity index (χ4v) is 3.07. The number of hydrogen-bond donors (Lipinski definition) is 1. The van der Waals surface area contributed by atoms with Gasteiger partial charge in [0.2, 0.25) is 0 Å². The van der Waals surface area contributed by atoms with Crippen LogP contribution in [-0.2, 0) is 6.54 Å². The second-order valence-corrected chi connectivity index (χ2v) is 5.66. The summed E-state index contributed by atoms with van der Waals surface area (Å²) in [6, 6.07) is 8.99. The summed E-state index contributed by atoms with van der Waals surface area (Å²) in [6.45, 7) is 6.76. The van der Waals surface area contributed by atoms with Crippen molar-refractivity contribution in [2.75, 3.05) is 24.5 Å². The van der Waals surface area contributed by atoms with Crippen LogP contribution in [0.25, 0.3) is 0 Å². The molecule has 0 unspecified atom stereocenters. The summed E-state index contributed by atoms with van der Waals surface area (Å²) in [4.78, 5) is 2.54. The molecule has 1 aromatic carbocycles. The zero-order valence-electron chi connectivity index (χ0n) is 10.7. The van der Waals surface area contributed by atoms with E-state index in [9.17, 15) is 0 Å². The third-order valence-corrected chi connectivity index (χ3v) is 4.32. The van der Waals surface area contributed by atoms with Crippen molar-refractivity contribution in [2.45, 2.75) is 32.7 Å². The van der Waals surface area contributed by atoms with E-state index in [2.05, 4.69) is 41.4 Å². The summed E-state index contributed by atoms with van der Waals surface area (Å²) in [5, 5.41) is 3.39. The normalized spacial score (nSPS) is 21.1. The fraction of sp³-hybridized carbons (Fsp3) is 0.600. The van der Waals surface area contributed by atoms with E-state index in [1.165, 1.54) is 43.6 Å². The third-order valence-electron chi connectivity index (χ3n) is 4.32. The van der Waals surface area contributed by atoms with Crippen molar-refractivity contribution in [3.63, 3.8) is 0 Å². The number of nitrogens with one attached hydrogen (secondary N) is 1. The lowest BCUT2D eigenvalue weighted by molar-refractivity contribution is 0.0904. The van der Waals surface area contributed by atoms with Crippen LogP contribution in [0.3, 0.4) is 0 Å². The fourth-order valence-electron chi connectivity index (χ4n) is 3.07. The van der Waals surface area contributed by atoms with Crippen LogP contribution in [0.2, 0.25) is 0 Å². The Kier molecular flexibility index (Phi) is 2.83. The highest BCUT2D eigenvalue weighted by atomic mass is 15.2. The number of nitrogens with zero attached hydrogens (tertiary/aromatic N) is 1. The Morgan fingerprint density at radius 2 is 2.12 bits per heavy atom. The molecule has 2 aliphatic rings. The molecule has 1 saturated heterocycles. The highest BCUT2D eigenvalue weighted by molar-refractivity contribution is 5.52. The Morgan fingerprint density at radius 1 is 1.29 bits per heavy atom. The first-order chi connectivity index (χ1) is 8.31. The van der Waals surface area contributed by atoms with Crippen LogP contribution in [-0.4, -0.2) is 19.6 Å². The molecule has 0 aromatic heterocycles. The molecule has 1 aliphatic carbocycles. The lowest BCUT2D eigenvalue weighted by Crippen LogP contribution is -2.59. The first kappa shape index (κ1) is 11.1. The molecule has 2 nitrogen and oxygen atoms in total. The van der Waals surface area contributed by atoms with E-state index in [4.69, 9.17) is 0 Å². The first-order valence-corrected chi connectivity index (χ1v) is 6.86. The lowest BCUT2D eigenvalue weighted by Gasteiger charge is -2.57. The van der Waals surface area contributed by atoms with Crippen molar-refractivity contribution in [1.82, 2.24) is 5.32 Å². The Balaban J connectivity index is 1.63. The van der Waals surface area contributed by atoms with E-state index < -0.39 is 0 Å². The zero-order valence-corrected chi connectivity index (χ0v) is 10.7. The summed E-state index contributed by atoms with van der Waals surface area (Å²) in [5.74, 6) is 0.